The van der Waals surface area contributed by atoms with Gasteiger partial charge in [-0.3, -0.25) is 4.99 Å². The van der Waals surface area contributed by atoms with Crippen molar-refractivity contribution in [3.63, 3.8) is 0 Å². The monoisotopic (exact) mass is 464 g/mol. The van der Waals surface area contributed by atoms with Crippen LogP contribution in [0.25, 0.3) is 0 Å². The molecule has 0 radical (unpaired) electrons. The molecular formula is C19H37IN4O. The second-order valence-corrected chi connectivity index (χ2v) is 7.81. The van der Waals surface area contributed by atoms with Crippen molar-refractivity contribution in [1.29, 1.82) is 0 Å². The highest BCUT2D eigenvalue weighted by Gasteiger charge is 2.37. The maximum Gasteiger partial charge on any atom is 0.191 e. The molecule has 3 atom stereocenters. The first-order valence-electron chi connectivity index (χ1n) is 10.2. The van der Waals surface area contributed by atoms with Crippen LogP contribution in [0.4, 0.5) is 0 Å². The molecule has 2 N–H and O–H groups in total. The molecule has 1 saturated carbocycles. The normalized spacial score (nSPS) is 30.8. The van der Waals surface area contributed by atoms with E-state index in [0.29, 0.717) is 12.1 Å². The molecule has 0 spiro atoms. The van der Waals surface area contributed by atoms with Crippen molar-refractivity contribution in [2.24, 2.45) is 16.8 Å². The summed E-state index contributed by atoms with van der Waals surface area (Å²) >= 11 is 0. The molecule has 3 aliphatic rings. The van der Waals surface area contributed by atoms with Crippen LogP contribution in [-0.4, -0.2) is 62.3 Å². The first kappa shape index (κ1) is 21.2. The van der Waals surface area contributed by atoms with E-state index in [-0.39, 0.29) is 24.0 Å². The molecule has 2 aliphatic heterocycles. The van der Waals surface area contributed by atoms with Crippen LogP contribution in [0.3, 0.4) is 0 Å². The first-order valence-corrected chi connectivity index (χ1v) is 10.2. The Hall–Kier alpha value is -0.0800. The molecule has 0 amide bonds. The Kier molecular flexibility index (Phi) is 9.27. The molecule has 3 unspecified atom stereocenters. The number of halogens is 1. The van der Waals surface area contributed by atoms with Crippen molar-refractivity contribution in [3.8, 4) is 0 Å². The molecule has 146 valence electrons. The Balaban J connectivity index is 0.00000225. The first-order chi connectivity index (χ1) is 11.8. The van der Waals surface area contributed by atoms with Crippen LogP contribution < -0.4 is 10.6 Å². The molecule has 5 nitrogen and oxygen atoms in total. The average Bonchev–Trinajstić information content (AvgIpc) is 3.08. The number of ether oxygens (including phenoxy) is 1. The molecule has 3 rings (SSSR count). The van der Waals surface area contributed by atoms with Crippen molar-refractivity contribution in [1.82, 2.24) is 15.5 Å². The highest BCUT2D eigenvalue weighted by atomic mass is 127. The van der Waals surface area contributed by atoms with Gasteiger partial charge in [0.15, 0.2) is 5.96 Å². The lowest BCUT2D eigenvalue weighted by Gasteiger charge is -2.34. The zero-order chi connectivity index (χ0) is 16.8. The Morgan fingerprint density at radius 1 is 1.16 bits per heavy atom. The molecule has 0 bridgehead atoms. The molecule has 0 aromatic rings. The zero-order valence-electron chi connectivity index (χ0n) is 16.0. The third-order valence-electron chi connectivity index (χ3n) is 5.69. The van der Waals surface area contributed by atoms with Gasteiger partial charge in [0.05, 0.1) is 6.61 Å². The Morgan fingerprint density at radius 2 is 1.96 bits per heavy atom. The number of likely N-dealkylation sites (tertiary alicyclic amines) is 1. The highest BCUT2D eigenvalue weighted by Crippen LogP contribution is 2.34. The molecule has 1 aliphatic carbocycles. The van der Waals surface area contributed by atoms with Crippen molar-refractivity contribution >= 4 is 29.9 Å². The van der Waals surface area contributed by atoms with Crippen LogP contribution in [-0.2, 0) is 4.74 Å². The quantitative estimate of drug-likeness (QED) is 0.346. The summed E-state index contributed by atoms with van der Waals surface area (Å²) in [4.78, 5) is 7.28. The molecular weight excluding hydrogens is 427 g/mol. The Labute approximate surface area is 170 Å². The third-order valence-corrected chi connectivity index (χ3v) is 5.69. The molecule has 6 heteroatoms. The van der Waals surface area contributed by atoms with Gasteiger partial charge in [-0.2, -0.15) is 0 Å². The second kappa shape index (κ2) is 10.9. The number of piperidine rings is 1. The van der Waals surface area contributed by atoms with E-state index >= 15 is 0 Å². The van der Waals surface area contributed by atoms with Gasteiger partial charge >= 0.3 is 0 Å². The molecule has 0 aromatic heterocycles. The molecule has 3 fully saturated rings. The van der Waals surface area contributed by atoms with Gasteiger partial charge in [-0.1, -0.05) is 13.3 Å². The van der Waals surface area contributed by atoms with Gasteiger partial charge in [0, 0.05) is 44.9 Å². The van der Waals surface area contributed by atoms with E-state index in [9.17, 15) is 0 Å². The van der Waals surface area contributed by atoms with E-state index in [1.807, 2.05) is 0 Å². The van der Waals surface area contributed by atoms with Gasteiger partial charge in [-0.05, 0) is 50.9 Å². The van der Waals surface area contributed by atoms with Crippen LogP contribution in [0.5, 0.6) is 0 Å². The van der Waals surface area contributed by atoms with E-state index in [1.165, 1.54) is 58.2 Å². The predicted molar refractivity (Wildman–Crippen MR) is 115 cm³/mol. The zero-order valence-corrected chi connectivity index (χ0v) is 18.3. The van der Waals surface area contributed by atoms with E-state index in [1.54, 1.807) is 0 Å². The predicted octanol–water partition coefficient (Wildman–Crippen LogP) is 2.85. The number of nitrogens with zero attached hydrogens (tertiary/aromatic N) is 2. The molecule has 25 heavy (non-hydrogen) atoms. The lowest BCUT2D eigenvalue weighted by molar-refractivity contribution is 0.150. The summed E-state index contributed by atoms with van der Waals surface area (Å²) in [5, 5.41) is 7.35. The van der Waals surface area contributed by atoms with Crippen molar-refractivity contribution in [3.05, 3.63) is 0 Å². The molecule has 2 saturated heterocycles. The van der Waals surface area contributed by atoms with Crippen molar-refractivity contribution in [2.75, 3.05) is 39.4 Å². The summed E-state index contributed by atoms with van der Waals surface area (Å²) in [5.74, 6) is 2.68. The maximum absolute atomic E-state index is 5.51. The lowest BCUT2D eigenvalue weighted by atomic mass is 10.0. The van der Waals surface area contributed by atoms with Crippen molar-refractivity contribution in [2.45, 2.75) is 64.5 Å². The fraction of sp³-hybridized carbons (Fsp3) is 0.947. The van der Waals surface area contributed by atoms with Gasteiger partial charge in [0.2, 0.25) is 0 Å². The van der Waals surface area contributed by atoms with Gasteiger partial charge in [-0.15, -0.1) is 24.0 Å². The average molecular weight is 464 g/mol. The molecule has 2 heterocycles. The minimum absolute atomic E-state index is 0. The second-order valence-electron chi connectivity index (χ2n) is 7.81. The minimum Gasteiger partial charge on any atom is -0.381 e. The fourth-order valence-electron chi connectivity index (χ4n) is 4.13. The van der Waals surface area contributed by atoms with E-state index < -0.39 is 0 Å². The van der Waals surface area contributed by atoms with E-state index in [2.05, 4.69) is 34.4 Å². The lowest BCUT2D eigenvalue weighted by Crippen LogP contribution is -2.50. The topological polar surface area (TPSA) is 48.9 Å². The number of nitrogens with one attached hydrogen (secondary N) is 2. The van der Waals surface area contributed by atoms with Crippen LogP contribution in [0.2, 0.25) is 0 Å². The minimum atomic E-state index is 0. The fourth-order valence-corrected chi connectivity index (χ4v) is 4.13. The number of aliphatic imine (C=N–C) groups is 1. The standard InChI is InChI=1S/C19H36N4O.HI/c1-3-5-16-12-18(16)22-19(20-4-2)21-17-6-9-23(10-7-17)13-15-8-11-24-14-15;/h15-18H,3-14H2,1-2H3,(H2,20,21,22);1H. The largest absolute Gasteiger partial charge is 0.381 e. The number of guanidine groups is 1. The van der Waals surface area contributed by atoms with Gasteiger partial charge in [0.1, 0.15) is 0 Å². The van der Waals surface area contributed by atoms with Crippen LogP contribution in [0, 0.1) is 11.8 Å². The van der Waals surface area contributed by atoms with Gasteiger partial charge < -0.3 is 20.3 Å². The van der Waals surface area contributed by atoms with E-state index in [4.69, 9.17) is 4.74 Å². The van der Waals surface area contributed by atoms with Crippen LogP contribution in [0.15, 0.2) is 4.99 Å². The summed E-state index contributed by atoms with van der Waals surface area (Å²) < 4.78 is 5.51. The van der Waals surface area contributed by atoms with Gasteiger partial charge in [0.25, 0.3) is 0 Å². The summed E-state index contributed by atoms with van der Waals surface area (Å²) in [6.07, 6.45) is 7.65. The summed E-state index contributed by atoms with van der Waals surface area (Å²) in [6, 6.07) is 1.23. The SMILES string of the molecule is CCCC1CC1NC(=NCC)NC1CCN(CC2CCOC2)CC1.I. The van der Waals surface area contributed by atoms with Crippen LogP contribution in [0.1, 0.15) is 52.4 Å². The molecule has 0 aromatic carbocycles. The Bertz CT molecular complexity index is 406. The smallest absolute Gasteiger partial charge is 0.191 e. The highest BCUT2D eigenvalue weighted by molar-refractivity contribution is 14.0. The Morgan fingerprint density at radius 3 is 2.60 bits per heavy atom. The number of rotatable bonds is 7. The van der Waals surface area contributed by atoms with Crippen LogP contribution >= 0.6 is 24.0 Å². The summed E-state index contributed by atoms with van der Waals surface area (Å²) in [5.41, 5.74) is 0. The summed E-state index contributed by atoms with van der Waals surface area (Å²) in [7, 11) is 0. The summed E-state index contributed by atoms with van der Waals surface area (Å²) in [6.45, 7) is 10.8. The third kappa shape index (κ3) is 6.86. The number of hydrogen-bond acceptors (Lipinski definition) is 3. The van der Waals surface area contributed by atoms with Gasteiger partial charge in [-0.25, -0.2) is 0 Å². The number of hydrogen-bond donors (Lipinski definition) is 2. The van der Waals surface area contributed by atoms with E-state index in [0.717, 1.165) is 37.6 Å². The maximum atomic E-state index is 5.51. The van der Waals surface area contributed by atoms with Crippen molar-refractivity contribution < 1.29 is 4.74 Å².